The Kier molecular flexibility index (Phi) is 2.55. The standard InChI is InChI=1S/C12H16N2/c1-10(13-2)8-11-5-7-14-6-3-4-12(14)9-11/h3-7,9-10,13H,8H2,1-2H3. The van der Waals surface area contributed by atoms with Gasteiger partial charge in [-0.2, -0.15) is 0 Å². The van der Waals surface area contributed by atoms with Crippen LogP contribution >= 0.6 is 0 Å². The van der Waals surface area contributed by atoms with Crippen molar-refractivity contribution in [2.24, 2.45) is 0 Å². The molecule has 0 amide bonds. The topological polar surface area (TPSA) is 16.4 Å². The maximum Gasteiger partial charge on any atom is 0.0452 e. The lowest BCUT2D eigenvalue weighted by molar-refractivity contribution is 0.608. The van der Waals surface area contributed by atoms with E-state index in [0.29, 0.717) is 6.04 Å². The van der Waals surface area contributed by atoms with Gasteiger partial charge >= 0.3 is 0 Å². The smallest absolute Gasteiger partial charge is 0.0452 e. The normalized spacial score (nSPS) is 13.3. The van der Waals surface area contributed by atoms with Crippen LogP contribution in [0.4, 0.5) is 0 Å². The minimum Gasteiger partial charge on any atom is -0.324 e. The van der Waals surface area contributed by atoms with Crippen molar-refractivity contribution in [1.82, 2.24) is 9.72 Å². The molecule has 0 aliphatic rings. The first kappa shape index (κ1) is 9.28. The molecule has 2 heteroatoms. The molecule has 14 heavy (non-hydrogen) atoms. The van der Waals surface area contributed by atoms with Crippen molar-refractivity contribution in [3.8, 4) is 0 Å². The van der Waals surface area contributed by atoms with Crippen LogP contribution in [0.15, 0.2) is 36.7 Å². The minimum absolute atomic E-state index is 0.535. The van der Waals surface area contributed by atoms with E-state index in [1.165, 1.54) is 11.1 Å². The second-order valence-corrected chi connectivity index (χ2v) is 3.77. The van der Waals surface area contributed by atoms with E-state index in [9.17, 15) is 0 Å². The molecule has 0 aliphatic carbocycles. The van der Waals surface area contributed by atoms with Crippen molar-refractivity contribution in [1.29, 1.82) is 0 Å². The largest absolute Gasteiger partial charge is 0.324 e. The Balaban J connectivity index is 2.25. The zero-order chi connectivity index (χ0) is 9.97. The third kappa shape index (κ3) is 1.80. The lowest BCUT2D eigenvalue weighted by Gasteiger charge is -2.10. The van der Waals surface area contributed by atoms with Crippen molar-refractivity contribution in [2.45, 2.75) is 19.4 Å². The number of hydrogen-bond donors (Lipinski definition) is 1. The summed E-state index contributed by atoms with van der Waals surface area (Å²) in [6.45, 7) is 2.20. The molecule has 0 aliphatic heterocycles. The van der Waals surface area contributed by atoms with E-state index in [-0.39, 0.29) is 0 Å². The summed E-state index contributed by atoms with van der Waals surface area (Å²) in [5, 5.41) is 3.25. The summed E-state index contributed by atoms with van der Waals surface area (Å²) in [5.74, 6) is 0. The van der Waals surface area contributed by atoms with Gasteiger partial charge in [0.25, 0.3) is 0 Å². The number of aromatic nitrogens is 1. The summed E-state index contributed by atoms with van der Waals surface area (Å²) in [6, 6.07) is 9.16. The fourth-order valence-corrected chi connectivity index (χ4v) is 1.66. The van der Waals surface area contributed by atoms with E-state index in [0.717, 1.165) is 6.42 Å². The molecule has 1 atom stereocenters. The second kappa shape index (κ2) is 3.84. The van der Waals surface area contributed by atoms with Crippen molar-refractivity contribution in [3.63, 3.8) is 0 Å². The Bertz CT molecular complexity index is 417. The Hall–Kier alpha value is -1.28. The van der Waals surface area contributed by atoms with Gasteiger partial charge in [-0.05, 0) is 50.2 Å². The molecule has 0 spiro atoms. The first-order chi connectivity index (χ1) is 6.79. The number of nitrogens with zero attached hydrogens (tertiary/aromatic N) is 1. The molecule has 0 bridgehead atoms. The fraction of sp³-hybridized carbons (Fsp3) is 0.333. The van der Waals surface area contributed by atoms with Crippen molar-refractivity contribution < 1.29 is 0 Å². The quantitative estimate of drug-likeness (QED) is 0.780. The molecule has 0 radical (unpaired) electrons. The third-order valence-corrected chi connectivity index (χ3v) is 2.63. The monoisotopic (exact) mass is 188 g/mol. The summed E-state index contributed by atoms with van der Waals surface area (Å²) >= 11 is 0. The summed E-state index contributed by atoms with van der Waals surface area (Å²) in [4.78, 5) is 0. The highest BCUT2D eigenvalue weighted by molar-refractivity contribution is 5.49. The Morgan fingerprint density at radius 2 is 2.21 bits per heavy atom. The molecule has 0 fully saturated rings. The van der Waals surface area contributed by atoms with E-state index >= 15 is 0 Å². The van der Waals surface area contributed by atoms with Crippen LogP contribution in [-0.2, 0) is 6.42 Å². The van der Waals surface area contributed by atoms with Crippen LogP contribution in [0.25, 0.3) is 5.52 Å². The molecular weight excluding hydrogens is 172 g/mol. The number of rotatable bonds is 3. The number of fused-ring (bicyclic) bond motifs is 1. The molecular formula is C12H16N2. The Morgan fingerprint density at radius 3 is 3.00 bits per heavy atom. The number of likely N-dealkylation sites (N-methyl/N-ethyl adjacent to an activating group) is 1. The lowest BCUT2D eigenvalue weighted by Crippen LogP contribution is -2.23. The molecule has 2 aromatic rings. The van der Waals surface area contributed by atoms with Gasteiger partial charge in [0, 0.05) is 24.0 Å². The molecule has 2 rings (SSSR count). The Labute approximate surface area is 84.6 Å². The molecule has 2 heterocycles. The van der Waals surface area contributed by atoms with E-state index in [4.69, 9.17) is 0 Å². The van der Waals surface area contributed by atoms with Gasteiger partial charge in [-0.1, -0.05) is 0 Å². The van der Waals surface area contributed by atoms with E-state index in [1.807, 2.05) is 7.05 Å². The fourth-order valence-electron chi connectivity index (χ4n) is 1.66. The van der Waals surface area contributed by atoms with Gasteiger partial charge in [0.2, 0.25) is 0 Å². The van der Waals surface area contributed by atoms with Gasteiger partial charge in [0.05, 0.1) is 0 Å². The average molecular weight is 188 g/mol. The molecule has 74 valence electrons. The van der Waals surface area contributed by atoms with Crippen LogP contribution in [0.5, 0.6) is 0 Å². The van der Waals surface area contributed by atoms with Gasteiger partial charge in [-0.15, -0.1) is 0 Å². The predicted octanol–water partition coefficient (Wildman–Crippen LogP) is 2.09. The van der Waals surface area contributed by atoms with Crippen LogP contribution in [0.3, 0.4) is 0 Å². The van der Waals surface area contributed by atoms with Crippen LogP contribution < -0.4 is 5.32 Å². The summed E-state index contributed by atoms with van der Waals surface area (Å²) < 4.78 is 2.13. The second-order valence-electron chi connectivity index (χ2n) is 3.77. The highest BCUT2D eigenvalue weighted by atomic mass is 14.9. The molecule has 1 unspecified atom stereocenters. The Morgan fingerprint density at radius 1 is 1.36 bits per heavy atom. The summed E-state index contributed by atoms with van der Waals surface area (Å²) in [7, 11) is 2.00. The van der Waals surface area contributed by atoms with E-state index < -0.39 is 0 Å². The maximum absolute atomic E-state index is 3.25. The predicted molar refractivity (Wildman–Crippen MR) is 59.6 cm³/mol. The number of hydrogen-bond acceptors (Lipinski definition) is 1. The first-order valence-electron chi connectivity index (χ1n) is 5.02. The van der Waals surface area contributed by atoms with Gasteiger partial charge in [0.1, 0.15) is 0 Å². The lowest BCUT2D eigenvalue weighted by atomic mass is 10.1. The molecule has 0 saturated carbocycles. The SMILES string of the molecule is CNC(C)Cc1ccn2cccc2c1. The van der Waals surface area contributed by atoms with Crippen molar-refractivity contribution in [2.75, 3.05) is 7.05 Å². The average Bonchev–Trinajstić information content (AvgIpc) is 2.64. The molecule has 2 nitrogen and oxygen atoms in total. The highest BCUT2D eigenvalue weighted by Crippen LogP contribution is 2.09. The van der Waals surface area contributed by atoms with Crippen LogP contribution in [-0.4, -0.2) is 17.5 Å². The zero-order valence-corrected chi connectivity index (χ0v) is 8.70. The van der Waals surface area contributed by atoms with E-state index in [2.05, 4.69) is 53.3 Å². The van der Waals surface area contributed by atoms with Gasteiger partial charge < -0.3 is 9.72 Å². The molecule has 2 aromatic heterocycles. The van der Waals surface area contributed by atoms with Gasteiger partial charge in [-0.3, -0.25) is 0 Å². The molecule has 1 N–H and O–H groups in total. The number of pyridine rings is 1. The number of nitrogens with one attached hydrogen (secondary N) is 1. The maximum atomic E-state index is 3.25. The van der Waals surface area contributed by atoms with Crippen molar-refractivity contribution in [3.05, 3.63) is 42.2 Å². The van der Waals surface area contributed by atoms with Gasteiger partial charge in [-0.25, -0.2) is 0 Å². The van der Waals surface area contributed by atoms with Crippen molar-refractivity contribution >= 4 is 5.52 Å². The summed E-state index contributed by atoms with van der Waals surface area (Å²) in [5.41, 5.74) is 2.66. The third-order valence-electron chi connectivity index (χ3n) is 2.63. The van der Waals surface area contributed by atoms with Gasteiger partial charge in [0.15, 0.2) is 0 Å². The van der Waals surface area contributed by atoms with Crippen LogP contribution in [0.2, 0.25) is 0 Å². The highest BCUT2D eigenvalue weighted by Gasteiger charge is 2.01. The minimum atomic E-state index is 0.535. The van der Waals surface area contributed by atoms with Crippen LogP contribution in [0.1, 0.15) is 12.5 Å². The molecule has 0 saturated heterocycles. The van der Waals surface area contributed by atoms with Crippen LogP contribution in [0, 0.1) is 0 Å². The summed E-state index contributed by atoms with van der Waals surface area (Å²) in [6.07, 6.45) is 5.27. The molecule has 0 aromatic carbocycles. The van der Waals surface area contributed by atoms with E-state index in [1.54, 1.807) is 0 Å². The first-order valence-corrected chi connectivity index (χ1v) is 5.02. The zero-order valence-electron chi connectivity index (χ0n) is 8.70.